The maximum absolute atomic E-state index is 5.75. The third-order valence-electron chi connectivity index (χ3n) is 3.19. The molecule has 96 valence electrons. The van der Waals surface area contributed by atoms with Gasteiger partial charge in [0.25, 0.3) is 0 Å². The Balaban J connectivity index is 1.65. The third kappa shape index (κ3) is 2.66. The van der Waals surface area contributed by atoms with E-state index in [0.29, 0.717) is 6.54 Å². The van der Waals surface area contributed by atoms with Crippen molar-refractivity contribution in [3.63, 3.8) is 0 Å². The molecule has 0 saturated carbocycles. The molecule has 3 heteroatoms. The van der Waals surface area contributed by atoms with Crippen LogP contribution < -0.4 is 5.32 Å². The van der Waals surface area contributed by atoms with Crippen LogP contribution in [-0.2, 0) is 13.1 Å². The minimum Gasteiger partial charge on any atom is -0.460 e. The number of para-hydroxylation sites is 1. The van der Waals surface area contributed by atoms with Crippen molar-refractivity contribution in [3.8, 4) is 0 Å². The fourth-order valence-electron chi connectivity index (χ4n) is 2.13. The lowest BCUT2D eigenvalue weighted by molar-refractivity contribution is 0.511. The van der Waals surface area contributed by atoms with Gasteiger partial charge in [-0.2, -0.15) is 0 Å². The maximum Gasteiger partial charge on any atom is 0.134 e. The molecule has 2 heterocycles. The minimum absolute atomic E-state index is 0.713. The highest BCUT2D eigenvalue weighted by atomic mass is 16.3. The number of aromatic nitrogens is 1. The topological polar surface area (TPSA) is 38.1 Å². The smallest absolute Gasteiger partial charge is 0.134 e. The number of nitrogens with zero attached hydrogens (tertiary/aromatic N) is 1. The van der Waals surface area contributed by atoms with Crippen LogP contribution in [0.2, 0.25) is 0 Å². The van der Waals surface area contributed by atoms with Gasteiger partial charge in [-0.15, -0.1) is 0 Å². The summed E-state index contributed by atoms with van der Waals surface area (Å²) in [5, 5.41) is 4.51. The van der Waals surface area contributed by atoms with Crippen molar-refractivity contribution in [2.45, 2.75) is 20.0 Å². The summed E-state index contributed by atoms with van der Waals surface area (Å²) in [5.41, 5.74) is 3.23. The van der Waals surface area contributed by atoms with Gasteiger partial charge in [-0.25, -0.2) is 0 Å². The molecule has 0 aliphatic rings. The molecule has 3 nitrogen and oxygen atoms in total. The van der Waals surface area contributed by atoms with Gasteiger partial charge in [0, 0.05) is 18.1 Å². The van der Waals surface area contributed by atoms with Crippen LogP contribution in [0.3, 0.4) is 0 Å². The number of aryl methyl sites for hydroxylation is 1. The van der Waals surface area contributed by atoms with E-state index in [-0.39, 0.29) is 0 Å². The lowest BCUT2D eigenvalue weighted by Gasteiger charge is -2.04. The summed E-state index contributed by atoms with van der Waals surface area (Å²) in [5.74, 6) is 0.954. The first-order chi connectivity index (χ1) is 9.33. The van der Waals surface area contributed by atoms with Crippen LogP contribution in [0.25, 0.3) is 11.0 Å². The fraction of sp³-hybridized carbons (Fsp3) is 0.188. The fourth-order valence-corrected chi connectivity index (χ4v) is 2.13. The summed E-state index contributed by atoms with van der Waals surface area (Å²) in [4.78, 5) is 4.36. The summed E-state index contributed by atoms with van der Waals surface area (Å²) in [6.45, 7) is 3.54. The molecular weight excluding hydrogens is 236 g/mol. The van der Waals surface area contributed by atoms with Gasteiger partial charge in [-0.05, 0) is 30.7 Å². The van der Waals surface area contributed by atoms with E-state index in [1.54, 1.807) is 0 Å². The second-order valence-electron chi connectivity index (χ2n) is 4.62. The van der Waals surface area contributed by atoms with Gasteiger partial charge in [0.15, 0.2) is 0 Å². The number of fused-ring (bicyclic) bond motifs is 1. The molecule has 0 spiro atoms. The molecule has 2 aromatic heterocycles. The molecule has 3 aromatic rings. The zero-order valence-electron chi connectivity index (χ0n) is 10.9. The average Bonchev–Trinajstić information content (AvgIpc) is 2.83. The molecule has 19 heavy (non-hydrogen) atoms. The standard InChI is InChI=1S/C16H16N2O/c1-12-5-4-8-18-15(12)11-17-10-14-9-13-6-2-3-7-16(13)19-14/h2-9,17H,10-11H2,1H3. The summed E-state index contributed by atoms with van der Waals surface area (Å²) < 4.78 is 5.75. The number of furan rings is 1. The second-order valence-corrected chi connectivity index (χ2v) is 4.62. The highest BCUT2D eigenvalue weighted by molar-refractivity contribution is 5.77. The lowest BCUT2D eigenvalue weighted by Crippen LogP contribution is -2.14. The predicted molar refractivity (Wildman–Crippen MR) is 75.7 cm³/mol. The molecule has 3 rings (SSSR count). The molecule has 0 atom stereocenters. The van der Waals surface area contributed by atoms with Crippen molar-refractivity contribution < 1.29 is 4.42 Å². The number of benzene rings is 1. The summed E-state index contributed by atoms with van der Waals surface area (Å²) in [7, 11) is 0. The first-order valence-corrected chi connectivity index (χ1v) is 6.41. The lowest BCUT2D eigenvalue weighted by atomic mass is 10.2. The minimum atomic E-state index is 0.713. The normalized spacial score (nSPS) is 11.0. The van der Waals surface area contributed by atoms with Gasteiger partial charge < -0.3 is 9.73 Å². The molecule has 0 fully saturated rings. The maximum atomic E-state index is 5.75. The Labute approximate surface area is 112 Å². The van der Waals surface area contributed by atoms with E-state index >= 15 is 0 Å². The molecule has 0 aliphatic heterocycles. The zero-order valence-corrected chi connectivity index (χ0v) is 10.9. The Morgan fingerprint density at radius 3 is 2.84 bits per heavy atom. The monoisotopic (exact) mass is 252 g/mol. The molecule has 0 amide bonds. The highest BCUT2D eigenvalue weighted by Crippen LogP contribution is 2.18. The Morgan fingerprint density at radius 1 is 1.11 bits per heavy atom. The Morgan fingerprint density at radius 2 is 2.00 bits per heavy atom. The van der Waals surface area contributed by atoms with Crippen molar-refractivity contribution >= 4 is 11.0 Å². The van der Waals surface area contributed by atoms with Gasteiger partial charge in [0.2, 0.25) is 0 Å². The third-order valence-corrected chi connectivity index (χ3v) is 3.19. The van der Waals surface area contributed by atoms with E-state index in [1.165, 1.54) is 5.56 Å². The van der Waals surface area contributed by atoms with Crippen molar-refractivity contribution in [2.24, 2.45) is 0 Å². The Hall–Kier alpha value is -2.13. The van der Waals surface area contributed by atoms with Gasteiger partial charge in [-0.3, -0.25) is 4.98 Å². The van der Waals surface area contributed by atoms with Crippen LogP contribution in [-0.4, -0.2) is 4.98 Å². The Kier molecular flexibility index (Phi) is 3.29. The van der Waals surface area contributed by atoms with Crippen LogP contribution in [0.4, 0.5) is 0 Å². The molecule has 0 aliphatic carbocycles. The van der Waals surface area contributed by atoms with Crippen molar-refractivity contribution in [1.29, 1.82) is 0 Å². The predicted octanol–water partition coefficient (Wildman–Crippen LogP) is 3.43. The van der Waals surface area contributed by atoms with Gasteiger partial charge >= 0.3 is 0 Å². The zero-order chi connectivity index (χ0) is 13.1. The van der Waals surface area contributed by atoms with Gasteiger partial charge in [-0.1, -0.05) is 24.3 Å². The average molecular weight is 252 g/mol. The second kappa shape index (κ2) is 5.24. The number of hydrogen-bond donors (Lipinski definition) is 1. The van der Waals surface area contributed by atoms with Gasteiger partial charge in [0.1, 0.15) is 11.3 Å². The first kappa shape index (κ1) is 11.9. The summed E-state index contributed by atoms with van der Waals surface area (Å²) >= 11 is 0. The van der Waals surface area contributed by atoms with E-state index < -0.39 is 0 Å². The molecule has 0 bridgehead atoms. The Bertz CT molecular complexity index is 655. The van der Waals surface area contributed by atoms with Crippen molar-refractivity contribution in [1.82, 2.24) is 10.3 Å². The quantitative estimate of drug-likeness (QED) is 0.773. The van der Waals surface area contributed by atoms with Gasteiger partial charge in [0.05, 0.1) is 12.2 Å². The molecule has 1 N–H and O–H groups in total. The number of rotatable bonds is 4. The van der Waals surface area contributed by atoms with E-state index in [0.717, 1.165) is 29.0 Å². The number of hydrogen-bond acceptors (Lipinski definition) is 3. The van der Waals surface area contributed by atoms with E-state index in [4.69, 9.17) is 4.42 Å². The molecule has 0 saturated heterocycles. The molecule has 1 aromatic carbocycles. The van der Waals surface area contributed by atoms with E-state index in [1.807, 2.05) is 30.5 Å². The molecular formula is C16H16N2O. The van der Waals surface area contributed by atoms with Crippen molar-refractivity contribution in [3.05, 3.63) is 65.7 Å². The van der Waals surface area contributed by atoms with E-state index in [9.17, 15) is 0 Å². The first-order valence-electron chi connectivity index (χ1n) is 6.41. The number of pyridine rings is 1. The molecule has 0 unspecified atom stereocenters. The summed E-state index contributed by atoms with van der Waals surface area (Å²) in [6, 6.07) is 14.2. The highest BCUT2D eigenvalue weighted by Gasteiger charge is 2.03. The largest absolute Gasteiger partial charge is 0.460 e. The van der Waals surface area contributed by atoms with E-state index in [2.05, 4.69) is 35.4 Å². The molecule has 0 radical (unpaired) electrons. The van der Waals surface area contributed by atoms with Crippen LogP contribution in [0.15, 0.2) is 53.1 Å². The SMILES string of the molecule is Cc1cccnc1CNCc1cc2ccccc2o1. The summed E-state index contributed by atoms with van der Waals surface area (Å²) in [6.07, 6.45) is 1.82. The van der Waals surface area contributed by atoms with Crippen LogP contribution >= 0.6 is 0 Å². The van der Waals surface area contributed by atoms with Crippen LogP contribution in [0.5, 0.6) is 0 Å². The van der Waals surface area contributed by atoms with Crippen LogP contribution in [0.1, 0.15) is 17.0 Å². The van der Waals surface area contributed by atoms with Crippen LogP contribution in [0, 0.1) is 6.92 Å². The number of nitrogens with one attached hydrogen (secondary N) is 1. The van der Waals surface area contributed by atoms with Crippen molar-refractivity contribution in [2.75, 3.05) is 0 Å².